The van der Waals surface area contributed by atoms with Crippen LogP contribution in [0.4, 0.5) is 0 Å². The SMILES string of the molecule is COC(=O)CN1C(=O)[C@H](Cl)[C@H]1SC(C)=O. The molecule has 1 aliphatic rings. The van der Waals surface area contributed by atoms with Crippen LogP contribution in [-0.4, -0.2) is 46.3 Å². The number of amides is 1. The first kappa shape index (κ1) is 12.3. The molecule has 0 spiro atoms. The Balaban J connectivity index is 2.58. The number of halogens is 1. The van der Waals surface area contributed by atoms with Crippen molar-refractivity contribution in [3.8, 4) is 0 Å². The van der Waals surface area contributed by atoms with E-state index < -0.39 is 16.7 Å². The minimum absolute atomic E-state index is 0.145. The van der Waals surface area contributed by atoms with Gasteiger partial charge in [0.1, 0.15) is 17.3 Å². The number of thioether (sulfide) groups is 1. The maximum Gasteiger partial charge on any atom is 0.325 e. The lowest BCUT2D eigenvalue weighted by Gasteiger charge is -2.42. The lowest BCUT2D eigenvalue weighted by Crippen LogP contribution is -2.62. The van der Waals surface area contributed by atoms with Gasteiger partial charge in [-0.1, -0.05) is 11.8 Å². The molecule has 2 atom stereocenters. The molecule has 1 amide bonds. The van der Waals surface area contributed by atoms with Gasteiger partial charge < -0.3 is 9.64 Å². The highest BCUT2D eigenvalue weighted by Gasteiger charge is 2.48. The Bertz CT molecular complexity index is 309. The van der Waals surface area contributed by atoms with E-state index in [1.165, 1.54) is 18.9 Å². The summed E-state index contributed by atoms with van der Waals surface area (Å²) >= 11 is 6.65. The van der Waals surface area contributed by atoms with Crippen molar-refractivity contribution >= 4 is 40.4 Å². The quantitative estimate of drug-likeness (QED) is 0.408. The minimum Gasteiger partial charge on any atom is -0.468 e. The van der Waals surface area contributed by atoms with Crippen LogP contribution in [0.15, 0.2) is 0 Å². The van der Waals surface area contributed by atoms with Crippen molar-refractivity contribution in [2.24, 2.45) is 0 Å². The van der Waals surface area contributed by atoms with Gasteiger partial charge in [0.05, 0.1) is 7.11 Å². The highest BCUT2D eigenvalue weighted by atomic mass is 35.5. The Morgan fingerprint density at radius 2 is 2.20 bits per heavy atom. The molecule has 84 valence electrons. The van der Waals surface area contributed by atoms with Gasteiger partial charge in [0.2, 0.25) is 5.91 Å². The van der Waals surface area contributed by atoms with E-state index >= 15 is 0 Å². The lowest BCUT2D eigenvalue weighted by atomic mass is 10.2. The average molecular weight is 252 g/mol. The van der Waals surface area contributed by atoms with E-state index in [1.807, 2.05) is 0 Å². The van der Waals surface area contributed by atoms with Crippen LogP contribution in [0.2, 0.25) is 0 Å². The fraction of sp³-hybridized carbons (Fsp3) is 0.625. The Hall–Kier alpha value is -0.750. The smallest absolute Gasteiger partial charge is 0.325 e. The number of hydrogen-bond donors (Lipinski definition) is 0. The maximum absolute atomic E-state index is 11.3. The molecular formula is C8H10ClNO4S. The number of carbonyl (C=O) groups is 3. The van der Waals surface area contributed by atoms with E-state index in [-0.39, 0.29) is 17.6 Å². The molecule has 0 aromatic heterocycles. The fourth-order valence-corrected chi connectivity index (χ4v) is 2.44. The summed E-state index contributed by atoms with van der Waals surface area (Å²) in [5.74, 6) is -0.873. The summed E-state index contributed by atoms with van der Waals surface area (Å²) in [6.07, 6.45) is 0. The third kappa shape index (κ3) is 2.63. The summed E-state index contributed by atoms with van der Waals surface area (Å²) in [6.45, 7) is 1.22. The third-order valence-corrected chi connectivity index (χ3v) is 3.57. The number of likely N-dealkylation sites (tertiary alicyclic amines) is 1. The molecule has 1 rings (SSSR count). The highest BCUT2D eigenvalue weighted by molar-refractivity contribution is 8.14. The molecule has 0 N–H and O–H groups in total. The summed E-state index contributed by atoms with van der Waals surface area (Å²) in [5.41, 5.74) is 0. The van der Waals surface area contributed by atoms with Gasteiger partial charge in [0, 0.05) is 6.92 Å². The highest BCUT2D eigenvalue weighted by Crippen LogP contribution is 2.33. The fourth-order valence-electron chi connectivity index (χ4n) is 1.15. The van der Waals surface area contributed by atoms with Gasteiger partial charge in [-0.05, 0) is 0 Å². The zero-order valence-electron chi connectivity index (χ0n) is 8.23. The molecule has 1 aliphatic heterocycles. The monoisotopic (exact) mass is 251 g/mol. The molecule has 0 aromatic rings. The third-order valence-electron chi connectivity index (χ3n) is 1.89. The first-order valence-corrected chi connectivity index (χ1v) is 5.47. The molecule has 0 saturated carbocycles. The molecule has 1 saturated heterocycles. The van der Waals surface area contributed by atoms with Crippen molar-refractivity contribution in [1.29, 1.82) is 0 Å². The van der Waals surface area contributed by atoms with Crippen molar-refractivity contribution in [2.45, 2.75) is 17.7 Å². The molecular weight excluding hydrogens is 242 g/mol. The molecule has 7 heteroatoms. The zero-order chi connectivity index (χ0) is 11.6. The van der Waals surface area contributed by atoms with Gasteiger partial charge in [0.15, 0.2) is 5.12 Å². The van der Waals surface area contributed by atoms with Gasteiger partial charge in [-0.2, -0.15) is 0 Å². The van der Waals surface area contributed by atoms with Crippen LogP contribution in [0.25, 0.3) is 0 Å². The van der Waals surface area contributed by atoms with Gasteiger partial charge in [-0.25, -0.2) is 0 Å². The summed E-state index contributed by atoms with van der Waals surface area (Å²) < 4.78 is 4.42. The van der Waals surface area contributed by atoms with E-state index in [0.29, 0.717) is 0 Å². The van der Waals surface area contributed by atoms with Gasteiger partial charge in [-0.3, -0.25) is 14.4 Å². The second kappa shape index (κ2) is 4.85. The predicted molar refractivity (Wildman–Crippen MR) is 55.4 cm³/mol. The number of esters is 1. The summed E-state index contributed by atoms with van der Waals surface area (Å²) in [4.78, 5) is 34.3. The van der Waals surface area contributed by atoms with E-state index in [1.54, 1.807) is 0 Å². The van der Waals surface area contributed by atoms with Crippen LogP contribution in [0.5, 0.6) is 0 Å². The van der Waals surface area contributed by atoms with Crippen LogP contribution >= 0.6 is 23.4 Å². The Kier molecular flexibility index (Phi) is 3.98. The second-order valence-electron chi connectivity index (χ2n) is 2.94. The summed E-state index contributed by atoms with van der Waals surface area (Å²) in [5, 5.41) is -1.34. The summed E-state index contributed by atoms with van der Waals surface area (Å²) in [7, 11) is 1.23. The normalized spacial score (nSPS) is 24.7. The number of ether oxygens (including phenoxy) is 1. The molecule has 0 unspecified atom stereocenters. The van der Waals surface area contributed by atoms with Crippen molar-refractivity contribution in [3.63, 3.8) is 0 Å². The van der Waals surface area contributed by atoms with Gasteiger partial charge >= 0.3 is 5.97 Å². The van der Waals surface area contributed by atoms with Crippen molar-refractivity contribution in [1.82, 2.24) is 4.90 Å². The molecule has 0 aromatic carbocycles. The topological polar surface area (TPSA) is 63.7 Å². The Morgan fingerprint density at radius 1 is 1.60 bits per heavy atom. The first-order chi connectivity index (χ1) is 6.97. The maximum atomic E-state index is 11.3. The molecule has 0 radical (unpaired) electrons. The van der Waals surface area contributed by atoms with E-state index in [2.05, 4.69) is 4.74 Å². The molecule has 0 aliphatic carbocycles. The average Bonchev–Trinajstić information content (AvgIpc) is 2.21. The lowest BCUT2D eigenvalue weighted by molar-refractivity contribution is -0.152. The number of nitrogens with zero attached hydrogens (tertiary/aromatic N) is 1. The Morgan fingerprint density at radius 3 is 2.67 bits per heavy atom. The number of alkyl halides is 1. The number of hydrogen-bond acceptors (Lipinski definition) is 5. The molecule has 0 bridgehead atoms. The van der Waals surface area contributed by atoms with Crippen LogP contribution in [0.1, 0.15) is 6.92 Å². The predicted octanol–water partition coefficient (Wildman–Crippen LogP) is 0.215. The molecule has 5 nitrogen and oxygen atoms in total. The minimum atomic E-state index is -0.733. The number of β-lactam (4-membered cyclic amide) rings is 1. The van der Waals surface area contributed by atoms with Crippen molar-refractivity contribution < 1.29 is 19.1 Å². The van der Waals surface area contributed by atoms with Gasteiger partial charge in [-0.15, -0.1) is 11.6 Å². The van der Waals surface area contributed by atoms with Crippen LogP contribution < -0.4 is 0 Å². The van der Waals surface area contributed by atoms with E-state index in [9.17, 15) is 14.4 Å². The van der Waals surface area contributed by atoms with E-state index in [0.717, 1.165) is 11.8 Å². The molecule has 1 heterocycles. The van der Waals surface area contributed by atoms with Crippen LogP contribution in [0.3, 0.4) is 0 Å². The van der Waals surface area contributed by atoms with Crippen LogP contribution in [0, 0.1) is 0 Å². The van der Waals surface area contributed by atoms with Crippen LogP contribution in [-0.2, 0) is 19.1 Å². The Labute approximate surface area is 96.1 Å². The zero-order valence-corrected chi connectivity index (χ0v) is 9.80. The largest absolute Gasteiger partial charge is 0.468 e. The number of carbonyl (C=O) groups excluding carboxylic acids is 3. The number of rotatable bonds is 3. The van der Waals surface area contributed by atoms with Crippen molar-refractivity contribution in [3.05, 3.63) is 0 Å². The van der Waals surface area contributed by atoms with Crippen molar-refractivity contribution in [2.75, 3.05) is 13.7 Å². The first-order valence-electron chi connectivity index (χ1n) is 4.16. The summed E-state index contributed by atoms with van der Waals surface area (Å²) in [6, 6.07) is 0. The molecule has 15 heavy (non-hydrogen) atoms. The van der Waals surface area contributed by atoms with Gasteiger partial charge in [0.25, 0.3) is 0 Å². The molecule has 1 fully saturated rings. The standard InChI is InChI=1S/C8H10ClNO4S/c1-4(11)15-8-6(9)7(13)10(8)3-5(12)14-2/h6,8H,3H2,1-2H3/t6-,8+/m0/s1. The second-order valence-corrected chi connectivity index (χ2v) is 4.71. The number of methoxy groups -OCH3 is 1. The van der Waals surface area contributed by atoms with E-state index in [4.69, 9.17) is 11.6 Å².